The highest BCUT2D eigenvalue weighted by Crippen LogP contribution is 2.31. The first-order valence-corrected chi connectivity index (χ1v) is 12.5. The van der Waals surface area contributed by atoms with Crippen LogP contribution in [-0.4, -0.2) is 33.6 Å². The predicted molar refractivity (Wildman–Crippen MR) is 141 cm³/mol. The Kier molecular flexibility index (Phi) is 6.57. The molecule has 1 atom stereocenters. The molecular formula is C30H28FN3O4. The molecule has 3 aromatic carbocycles. The van der Waals surface area contributed by atoms with Crippen LogP contribution < -0.4 is 4.90 Å². The lowest BCUT2D eigenvalue weighted by atomic mass is 9.91. The van der Waals surface area contributed by atoms with Crippen LogP contribution in [0.4, 0.5) is 10.1 Å². The van der Waals surface area contributed by atoms with Crippen LogP contribution in [-0.2, 0) is 20.9 Å². The fraction of sp³-hybridized carbons (Fsp3) is 0.267. The van der Waals surface area contributed by atoms with Crippen LogP contribution >= 0.6 is 0 Å². The number of amides is 3. The molecule has 1 aliphatic heterocycles. The SMILES string of the molecule is CC(C)(C)CC(=O)N(Cc1ccc(F)cc1)C1CC(=O)N(c2ccc(-c3nc4ccccc4o3)cc2)C1=O. The van der Waals surface area contributed by atoms with Crippen LogP contribution in [0.5, 0.6) is 0 Å². The molecule has 0 radical (unpaired) electrons. The van der Waals surface area contributed by atoms with Crippen molar-refractivity contribution in [3.05, 3.63) is 84.2 Å². The Balaban J connectivity index is 1.40. The van der Waals surface area contributed by atoms with Gasteiger partial charge in [0, 0.05) is 18.5 Å². The molecule has 38 heavy (non-hydrogen) atoms. The van der Waals surface area contributed by atoms with Crippen molar-refractivity contribution in [1.29, 1.82) is 0 Å². The molecule has 2 heterocycles. The van der Waals surface area contributed by atoms with Gasteiger partial charge in [-0.05, 0) is 59.5 Å². The maximum atomic E-state index is 13.6. The summed E-state index contributed by atoms with van der Waals surface area (Å²) < 4.78 is 19.3. The number of hydrogen-bond donors (Lipinski definition) is 0. The highest BCUT2D eigenvalue weighted by Gasteiger charge is 2.44. The van der Waals surface area contributed by atoms with E-state index in [0.717, 1.165) is 10.4 Å². The molecule has 0 N–H and O–H groups in total. The summed E-state index contributed by atoms with van der Waals surface area (Å²) in [7, 11) is 0. The number of benzene rings is 3. The molecule has 1 saturated heterocycles. The largest absolute Gasteiger partial charge is 0.436 e. The fourth-order valence-electron chi connectivity index (χ4n) is 4.59. The van der Waals surface area contributed by atoms with Gasteiger partial charge < -0.3 is 9.32 Å². The zero-order valence-electron chi connectivity index (χ0n) is 21.5. The number of imide groups is 1. The molecule has 5 rings (SSSR count). The van der Waals surface area contributed by atoms with Gasteiger partial charge in [0.1, 0.15) is 17.4 Å². The van der Waals surface area contributed by atoms with Gasteiger partial charge in [-0.25, -0.2) is 14.3 Å². The molecule has 0 spiro atoms. The molecule has 0 bridgehead atoms. The number of hydrogen-bond acceptors (Lipinski definition) is 5. The topological polar surface area (TPSA) is 83.7 Å². The van der Waals surface area contributed by atoms with Crippen LogP contribution in [0.15, 0.2) is 77.2 Å². The van der Waals surface area contributed by atoms with Crippen LogP contribution in [0.3, 0.4) is 0 Å². The van der Waals surface area contributed by atoms with Crippen molar-refractivity contribution in [2.45, 2.75) is 46.2 Å². The molecule has 3 amide bonds. The summed E-state index contributed by atoms with van der Waals surface area (Å²) in [5.74, 6) is -1.04. The zero-order valence-corrected chi connectivity index (χ0v) is 21.5. The average Bonchev–Trinajstić information content (AvgIpc) is 3.43. The van der Waals surface area contributed by atoms with E-state index in [4.69, 9.17) is 4.42 Å². The second-order valence-electron chi connectivity index (χ2n) is 10.7. The lowest BCUT2D eigenvalue weighted by Crippen LogP contribution is -2.46. The van der Waals surface area contributed by atoms with Crippen molar-refractivity contribution in [2.75, 3.05) is 4.90 Å². The lowest BCUT2D eigenvalue weighted by Gasteiger charge is -2.30. The van der Waals surface area contributed by atoms with Crippen LogP contribution in [0.2, 0.25) is 0 Å². The summed E-state index contributed by atoms with van der Waals surface area (Å²) in [4.78, 5) is 47.0. The number of anilines is 1. The number of nitrogens with zero attached hydrogens (tertiary/aromatic N) is 3. The molecule has 7 nitrogen and oxygen atoms in total. The highest BCUT2D eigenvalue weighted by molar-refractivity contribution is 6.23. The quantitative estimate of drug-likeness (QED) is 0.308. The van der Waals surface area contributed by atoms with E-state index in [2.05, 4.69) is 4.98 Å². The van der Waals surface area contributed by atoms with Gasteiger partial charge in [0.15, 0.2) is 5.58 Å². The van der Waals surface area contributed by atoms with Crippen molar-refractivity contribution in [2.24, 2.45) is 5.41 Å². The lowest BCUT2D eigenvalue weighted by molar-refractivity contribution is -0.140. The number of fused-ring (bicyclic) bond motifs is 1. The summed E-state index contributed by atoms with van der Waals surface area (Å²) in [6.07, 6.45) is 0.0775. The number of carbonyl (C=O) groups is 3. The van der Waals surface area contributed by atoms with Gasteiger partial charge in [-0.15, -0.1) is 0 Å². The first kappa shape index (κ1) is 25.3. The Morgan fingerprint density at radius 3 is 2.37 bits per heavy atom. The van der Waals surface area contributed by atoms with E-state index in [1.54, 1.807) is 36.4 Å². The second-order valence-corrected chi connectivity index (χ2v) is 10.7. The van der Waals surface area contributed by atoms with Crippen LogP contribution in [0, 0.1) is 11.2 Å². The molecule has 1 unspecified atom stereocenters. The Hall–Kier alpha value is -4.33. The minimum atomic E-state index is -0.945. The van der Waals surface area contributed by atoms with E-state index < -0.39 is 11.9 Å². The van der Waals surface area contributed by atoms with E-state index in [1.165, 1.54) is 17.0 Å². The minimum Gasteiger partial charge on any atom is -0.436 e. The average molecular weight is 514 g/mol. The Bertz CT molecular complexity index is 1470. The molecule has 4 aromatic rings. The maximum Gasteiger partial charge on any atom is 0.257 e. The Labute approximate surface area is 219 Å². The molecule has 1 fully saturated rings. The number of rotatable bonds is 6. The summed E-state index contributed by atoms with van der Waals surface area (Å²) in [6, 6.07) is 19.1. The number of para-hydroxylation sites is 2. The fourth-order valence-corrected chi connectivity index (χ4v) is 4.59. The third-order valence-corrected chi connectivity index (χ3v) is 6.43. The van der Waals surface area contributed by atoms with E-state index in [0.29, 0.717) is 28.3 Å². The number of oxazole rings is 1. The molecule has 0 aliphatic carbocycles. The molecule has 8 heteroatoms. The summed E-state index contributed by atoms with van der Waals surface area (Å²) in [6.45, 7) is 5.91. The Morgan fingerprint density at radius 1 is 1.03 bits per heavy atom. The van der Waals surface area contributed by atoms with E-state index in [1.807, 2.05) is 45.0 Å². The smallest absolute Gasteiger partial charge is 0.257 e. The normalized spacial score (nSPS) is 15.9. The third kappa shape index (κ3) is 5.20. The zero-order chi connectivity index (χ0) is 27.0. The highest BCUT2D eigenvalue weighted by atomic mass is 19.1. The first-order valence-electron chi connectivity index (χ1n) is 12.5. The summed E-state index contributed by atoms with van der Waals surface area (Å²) >= 11 is 0. The third-order valence-electron chi connectivity index (χ3n) is 6.43. The van der Waals surface area contributed by atoms with Crippen molar-refractivity contribution >= 4 is 34.5 Å². The number of halogens is 1. The van der Waals surface area contributed by atoms with E-state index in [-0.39, 0.29) is 42.4 Å². The van der Waals surface area contributed by atoms with Crippen LogP contribution in [0.1, 0.15) is 39.2 Å². The van der Waals surface area contributed by atoms with Gasteiger partial charge >= 0.3 is 0 Å². The van der Waals surface area contributed by atoms with Crippen molar-refractivity contribution < 1.29 is 23.2 Å². The maximum absolute atomic E-state index is 13.6. The van der Waals surface area contributed by atoms with Crippen molar-refractivity contribution in [3.63, 3.8) is 0 Å². The number of aromatic nitrogens is 1. The van der Waals surface area contributed by atoms with Crippen LogP contribution in [0.25, 0.3) is 22.6 Å². The monoisotopic (exact) mass is 513 g/mol. The Morgan fingerprint density at radius 2 is 1.71 bits per heavy atom. The first-order chi connectivity index (χ1) is 18.1. The molecular weight excluding hydrogens is 485 g/mol. The minimum absolute atomic E-state index is 0.101. The van der Waals surface area contributed by atoms with Gasteiger partial charge in [-0.2, -0.15) is 0 Å². The van der Waals surface area contributed by atoms with Gasteiger partial charge in [-0.1, -0.05) is 45.0 Å². The molecule has 0 saturated carbocycles. The second kappa shape index (κ2) is 9.85. The predicted octanol–water partition coefficient (Wildman–Crippen LogP) is 5.73. The van der Waals surface area contributed by atoms with E-state index >= 15 is 0 Å². The molecule has 194 valence electrons. The van der Waals surface area contributed by atoms with Gasteiger partial charge in [0.2, 0.25) is 17.7 Å². The molecule has 1 aromatic heterocycles. The van der Waals surface area contributed by atoms with Gasteiger partial charge in [0.25, 0.3) is 5.91 Å². The van der Waals surface area contributed by atoms with Crippen molar-refractivity contribution in [1.82, 2.24) is 9.88 Å². The van der Waals surface area contributed by atoms with E-state index in [9.17, 15) is 18.8 Å². The van der Waals surface area contributed by atoms with Crippen molar-refractivity contribution in [3.8, 4) is 11.5 Å². The van der Waals surface area contributed by atoms with Gasteiger partial charge in [-0.3, -0.25) is 14.4 Å². The standard InChI is InChI=1S/C30H28FN3O4/c1-30(2,3)17-27(36)33(18-19-8-12-21(31)13-9-19)24-16-26(35)34(29(24)37)22-14-10-20(11-15-22)28-32-23-6-4-5-7-25(23)38-28/h4-15,24H,16-18H2,1-3H3. The van der Waals surface area contributed by atoms with Gasteiger partial charge in [0.05, 0.1) is 12.1 Å². The summed E-state index contributed by atoms with van der Waals surface area (Å²) in [5.41, 5.74) is 2.88. The number of carbonyl (C=O) groups excluding carboxylic acids is 3. The summed E-state index contributed by atoms with van der Waals surface area (Å²) in [5, 5.41) is 0. The molecule has 1 aliphatic rings.